The highest BCUT2D eigenvalue weighted by molar-refractivity contribution is 5.87. The maximum atomic E-state index is 14.2. The first-order valence-electron chi connectivity index (χ1n) is 8.66. The molecule has 2 aromatic rings. The maximum Gasteiger partial charge on any atom is 0.335 e. The molecule has 0 aliphatic carbocycles. The fourth-order valence-electron chi connectivity index (χ4n) is 2.61. The Morgan fingerprint density at radius 2 is 1.52 bits per heavy atom. The van der Waals surface area contributed by atoms with Crippen molar-refractivity contribution < 1.29 is 32.2 Å². The number of hydrogen-bond donors (Lipinski definition) is 1. The Morgan fingerprint density at radius 3 is 2.04 bits per heavy atom. The number of benzene rings is 2. The number of carbonyl (C=O) groups is 1. The molecule has 0 unspecified atom stereocenters. The Kier molecular flexibility index (Phi) is 7.21. The van der Waals surface area contributed by atoms with E-state index in [1.165, 1.54) is 24.3 Å². The molecular formula is C20H20F4O3. The Balaban J connectivity index is 2.16. The molecule has 0 saturated carbocycles. The molecule has 2 aromatic carbocycles. The van der Waals surface area contributed by atoms with Crippen molar-refractivity contribution in [3.8, 4) is 5.75 Å². The molecule has 0 saturated heterocycles. The van der Waals surface area contributed by atoms with Gasteiger partial charge in [-0.25, -0.2) is 13.6 Å². The first-order valence-corrected chi connectivity index (χ1v) is 8.66. The summed E-state index contributed by atoms with van der Waals surface area (Å²) in [6.45, 7) is 1.90. The summed E-state index contributed by atoms with van der Waals surface area (Å²) in [5.41, 5.74) is -0.0505. The van der Waals surface area contributed by atoms with Crippen molar-refractivity contribution in [1.29, 1.82) is 0 Å². The third kappa shape index (κ3) is 4.99. The monoisotopic (exact) mass is 384 g/mol. The van der Waals surface area contributed by atoms with Gasteiger partial charge in [-0.15, -0.1) is 0 Å². The van der Waals surface area contributed by atoms with Crippen LogP contribution in [0.4, 0.5) is 17.6 Å². The Morgan fingerprint density at radius 1 is 0.926 bits per heavy atom. The van der Waals surface area contributed by atoms with Crippen molar-refractivity contribution in [1.82, 2.24) is 0 Å². The van der Waals surface area contributed by atoms with Crippen LogP contribution in [0.5, 0.6) is 5.75 Å². The Bertz CT molecular complexity index is 775. The number of aryl methyl sites for hydroxylation is 1. The molecule has 0 radical (unpaired) electrons. The molecular weight excluding hydrogens is 364 g/mol. The highest BCUT2D eigenvalue weighted by Crippen LogP contribution is 2.31. The average molecular weight is 384 g/mol. The molecule has 0 aromatic heterocycles. The summed E-state index contributed by atoms with van der Waals surface area (Å²) in [7, 11) is 0. The lowest BCUT2D eigenvalue weighted by Crippen LogP contribution is -2.10. The molecule has 0 aliphatic heterocycles. The van der Waals surface area contributed by atoms with Crippen LogP contribution in [-0.4, -0.2) is 17.7 Å². The molecule has 7 heteroatoms. The van der Waals surface area contributed by atoms with Crippen molar-refractivity contribution in [2.24, 2.45) is 0 Å². The van der Waals surface area contributed by atoms with Crippen LogP contribution in [-0.2, 0) is 12.8 Å². The van der Waals surface area contributed by atoms with Gasteiger partial charge in [0.05, 0.1) is 12.2 Å². The largest absolute Gasteiger partial charge is 0.487 e. The Labute approximate surface area is 154 Å². The third-order valence-electron chi connectivity index (χ3n) is 4.17. The van der Waals surface area contributed by atoms with Crippen molar-refractivity contribution >= 4 is 5.97 Å². The molecule has 0 amide bonds. The fraction of sp³-hybridized carbons (Fsp3) is 0.350. The fourth-order valence-corrected chi connectivity index (χ4v) is 2.61. The summed E-state index contributed by atoms with van der Waals surface area (Å²) in [6, 6.07) is 5.66. The second-order valence-corrected chi connectivity index (χ2v) is 6.12. The quantitative estimate of drug-likeness (QED) is 0.363. The zero-order chi connectivity index (χ0) is 20.0. The van der Waals surface area contributed by atoms with Crippen molar-refractivity contribution in [3.63, 3.8) is 0 Å². The van der Waals surface area contributed by atoms with Gasteiger partial charge >= 0.3 is 5.97 Å². The van der Waals surface area contributed by atoms with Gasteiger partial charge in [-0.1, -0.05) is 31.9 Å². The summed E-state index contributed by atoms with van der Waals surface area (Å²) in [5, 5.41) is 8.84. The number of halogens is 4. The SMILES string of the molecule is CCCCCOc1c(F)c(F)c(CCc2ccc(C(=O)O)cc2)c(F)c1F. The van der Waals surface area contributed by atoms with E-state index in [-0.39, 0.29) is 25.0 Å². The predicted molar refractivity (Wildman–Crippen MR) is 92.1 cm³/mol. The van der Waals surface area contributed by atoms with E-state index in [9.17, 15) is 22.4 Å². The highest BCUT2D eigenvalue weighted by Gasteiger charge is 2.26. The Hall–Kier alpha value is -2.57. The first kappa shape index (κ1) is 20.7. The van der Waals surface area contributed by atoms with Crippen LogP contribution in [0.15, 0.2) is 24.3 Å². The number of aromatic carboxylic acids is 1. The van der Waals surface area contributed by atoms with Gasteiger partial charge in [0.25, 0.3) is 0 Å². The smallest absolute Gasteiger partial charge is 0.335 e. The molecule has 0 bridgehead atoms. The van der Waals surface area contributed by atoms with Crippen LogP contribution in [0.25, 0.3) is 0 Å². The third-order valence-corrected chi connectivity index (χ3v) is 4.17. The van der Waals surface area contributed by atoms with Crippen LogP contribution in [0.1, 0.15) is 47.7 Å². The van der Waals surface area contributed by atoms with Gasteiger partial charge in [-0.3, -0.25) is 0 Å². The van der Waals surface area contributed by atoms with Crippen LogP contribution in [0, 0.1) is 23.3 Å². The number of carboxylic acids is 1. The average Bonchev–Trinajstić information content (AvgIpc) is 2.66. The van der Waals surface area contributed by atoms with Crippen LogP contribution >= 0.6 is 0 Å². The lowest BCUT2D eigenvalue weighted by Gasteiger charge is -2.13. The van der Waals surface area contributed by atoms with E-state index in [1.807, 2.05) is 6.92 Å². The number of ether oxygens (including phenoxy) is 1. The van der Waals surface area contributed by atoms with Crippen molar-refractivity contribution in [2.45, 2.75) is 39.0 Å². The molecule has 146 valence electrons. The molecule has 27 heavy (non-hydrogen) atoms. The van der Waals surface area contributed by atoms with Gasteiger partial charge in [0, 0.05) is 5.56 Å². The van der Waals surface area contributed by atoms with Gasteiger partial charge in [-0.2, -0.15) is 8.78 Å². The van der Waals surface area contributed by atoms with E-state index >= 15 is 0 Å². The topological polar surface area (TPSA) is 46.5 Å². The molecule has 2 rings (SSSR count). The maximum absolute atomic E-state index is 14.2. The number of hydrogen-bond acceptors (Lipinski definition) is 2. The second kappa shape index (κ2) is 9.39. The molecule has 0 spiro atoms. The van der Waals surface area contributed by atoms with E-state index in [2.05, 4.69) is 0 Å². The number of carboxylic acid groups (broad SMARTS) is 1. The molecule has 3 nitrogen and oxygen atoms in total. The highest BCUT2D eigenvalue weighted by atomic mass is 19.2. The van der Waals surface area contributed by atoms with Gasteiger partial charge < -0.3 is 9.84 Å². The number of unbranched alkanes of at least 4 members (excludes halogenated alkanes) is 2. The second-order valence-electron chi connectivity index (χ2n) is 6.12. The lowest BCUT2D eigenvalue weighted by atomic mass is 10.0. The normalized spacial score (nSPS) is 10.9. The summed E-state index contributed by atoms with van der Waals surface area (Å²) >= 11 is 0. The molecule has 0 aliphatic rings. The lowest BCUT2D eigenvalue weighted by molar-refractivity contribution is 0.0697. The molecule has 1 N–H and O–H groups in total. The number of rotatable bonds is 9. The van der Waals surface area contributed by atoms with E-state index < -0.39 is 40.6 Å². The van der Waals surface area contributed by atoms with Gasteiger partial charge in [0.2, 0.25) is 11.6 Å². The molecule has 0 atom stereocenters. The van der Waals surface area contributed by atoms with E-state index in [1.54, 1.807) is 0 Å². The zero-order valence-corrected chi connectivity index (χ0v) is 14.8. The van der Waals surface area contributed by atoms with Gasteiger partial charge in [0.1, 0.15) is 0 Å². The summed E-state index contributed by atoms with van der Waals surface area (Å²) < 4.78 is 61.5. The zero-order valence-electron chi connectivity index (χ0n) is 14.8. The first-order chi connectivity index (χ1) is 12.9. The minimum Gasteiger partial charge on any atom is -0.487 e. The summed E-state index contributed by atoms with van der Waals surface area (Å²) in [6.07, 6.45) is 1.96. The van der Waals surface area contributed by atoms with Crippen LogP contribution in [0.3, 0.4) is 0 Å². The van der Waals surface area contributed by atoms with Crippen molar-refractivity contribution in [3.05, 3.63) is 64.2 Å². The van der Waals surface area contributed by atoms with Gasteiger partial charge in [0.15, 0.2) is 17.4 Å². The molecule has 0 heterocycles. The van der Waals surface area contributed by atoms with E-state index in [0.29, 0.717) is 12.0 Å². The van der Waals surface area contributed by atoms with Crippen LogP contribution in [0.2, 0.25) is 0 Å². The van der Waals surface area contributed by atoms with Gasteiger partial charge in [-0.05, 0) is 37.0 Å². The minimum atomic E-state index is -1.54. The summed E-state index contributed by atoms with van der Waals surface area (Å²) in [5.74, 6) is -8.15. The van der Waals surface area contributed by atoms with Crippen LogP contribution < -0.4 is 4.74 Å². The van der Waals surface area contributed by atoms with E-state index in [4.69, 9.17) is 9.84 Å². The standard InChI is InChI=1S/C20H20F4O3/c1-2-3-4-11-27-19-17(23)15(21)14(16(22)18(19)24)10-7-12-5-8-13(9-6-12)20(25)26/h5-6,8-9H,2-4,7,10-11H2,1H3,(H,25,26). The predicted octanol–water partition coefficient (Wildman–Crippen LogP) is 5.30. The summed E-state index contributed by atoms with van der Waals surface area (Å²) in [4.78, 5) is 10.8. The van der Waals surface area contributed by atoms with Crippen molar-refractivity contribution in [2.75, 3.05) is 6.61 Å². The van der Waals surface area contributed by atoms with E-state index in [0.717, 1.165) is 12.8 Å². The molecule has 0 fully saturated rings. The minimum absolute atomic E-state index is 0.0319.